The number of nitrogens with zero attached hydrogens (tertiary/aromatic N) is 7. The average Bonchev–Trinajstić information content (AvgIpc) is 3.44. The number of benzene rings is 2. The number of aromatic nitrogens is 6. The zero-order valence-electron chi connectivity index (χ0n) is 19.7. The van der Waals surface area contributed by atoms with Crippen LogP contribution in [0.15, 0.2) is 70.6 Å². The first kappa shape index (κ1) is 23.1. The van der Waals surface area contributed by atoms with Gasteiger partial charge in [-0.2, -0.15) is 4.68 Å². The molecule has 1 aliphatic heterocycles. The van der Waals surface area contributed by atoms with Crippen molar-refractivity contribution in [3.05, 3.63) is 82.3 Å². The van der Waals surface area contributed by atoms with E-state index in [0.717, 1.165) is 43.6 Å². The summed E-state index contributed by atoms with van der Waals surface area (Å²) in [5, 5.41) is 12.1. The van der Waals surface area contributed by atoms with Crippen LogP contribution in [0.2, 0.25) is 0 Å². The van der Waals surface area contributed by atoms with Crippen molar-refractivity contribution < 1.29 is 4.79 Å². The number of hydrogen-bond acceptors (Lipinski definition) is 6. The lowest BCUT2D eigenvalue weighted by atomic mass is 10.1. The highest BCUT2D eigenvalue weighted by Gasteiger charge is 2.31. The lowest BCUT2D eigenvalue weighted by molar-refractivity contribution is -0.131. The summed E-state index contributed by atoms with van der Waals surface area (Å²) in [6, 6.07) is 19.1. The molecule has 4 aromatic rings. The van der Waals surface area contributed by atoms with Gasteiger partial charge in [-0.25, -0.2) is 4.68 Å². The highest BCUT2D eigenvalue weighted by Crippen LogP contribution is 2.37. The second kappa shape index (κ2) is 9.91. The van der Waals surface area contributed by atoms with Crippen molar-refractivity contribution in [1.29, 1.82) is 0 Å². The molecule has 1 atom stereocenters. The lowest BCUT2D eigenvalue weighted by Gasteiger charge is -2.30. The van der Waals surface area contributed by atoms with Crippen LogP contribution >= 0.6 is 11.8 Å². The number of carbonyl (C=O) groups excluding carboxylic acids is 1. The van der Waals surface area contributed by atoms with E-state index in [1.165, 1.54) is 16.4 Å². The fraction of sp³-hybridized carbons (Fsp3) is 0.320. The van der Waals surface area contributed by atoms with Crippen LogP contribution in [-0.4, -0.2) is 53.5 Å². The Hall–Kier alpha value is -3.66. The second-order valence-electron chi connectivity index (χ2n) is 8.58. The Kier molecular flexibility index (Phi) is 6.54. The summed E-state index contributed by atoms with van der Waals surface area (Å²) < 4.78 is 4.84. The molecule has 0 bridgehead atoms. The molecule has 1 amide bonds. The van der Waals surface area contributed by atoms with E-state index in [1.807, 2.05) is 79.5 Å². The molecule has 0 radical (unpaired) electrons. The van der Waals surface area contributed by atoms with Gasteiger partial charge in [0.25, 0.3) is 5.56 Å². The molecule has 0 saturated carbocycles. The molecule has 2 aromatic heterocycles. The standard InChI is InChI=1S/C25H27N7O2S/c1-18-21(23(33)32(29(18)2)20-14-8-4-9-15-20)31-25(26-27-28-31)35-22(19-12-6-3-7-13-19)24(34)30-16-10-5-11-17-30/h3-4,6-9,12-15,22H,5,10-11,16-17H2,1-2H3. The molecule has 1 saturated heterocycles. The summed E-state index contributed by atoms with van der Waals surface area (Å²) in [5.74, 6) is 0.0435. The predicted molar refractivity (Wildman–Crippen MR) is 134 cm³/mol. The Morgan fingerprint density at radius 3 is 2.31 bits per heavy atom. The summed E-state index contributed by atoms with van der Waals surface area (Å²) >= 11 is 1.28. The smallest absolute Gasteiger partial charge is 0.297 e. The van der Waals surface area contributed by atoms with Gasteiger partial charge in [0.2, 0.25) is 11.1 Å². The van der Waals surface area contributed by atoms with E-state index in [9.17, 15) is 9.59 Å². The van der Waals surface area contributed by atoms with Crippen LogP contribution in [-0.2, 0) is 11.8 Å². The molecule has 10 heteroatoms. The fourth-order valence-electron chi connectivity index (χ4n) is 4.47. The third-order valence-corrected chi connectivity index (χ3v) is 7.57. The van der Waals surface area contributed by atoms with E-state index < -0.39 is 5.25 Å². The Labute approximate surface area is 207 Å². The third kappa shape index (κ3) is 4.41. The van der Waals surface area contributed by atoms with Gasteiger partial charge in [-0.05, 0) is 54.3 Å². The number of tetrazole rings is 1. The zero-order valence-corrected chi connectivity index (χ0v) is 20.6. The Bertz CT molecular complexity index is 1370. The van der Waals surface area contributed by atoms with Gasteiger partial charge >= 0.3 is 0 Å². The summed E-state index contributed by atoms with van der Waals surface area (Å²) in [4.78, 5) is 29.1. The number of hydrogen-bond donors (Lipinski definition) is 0. The molecule has 0 spiro atoms. The van der Waals surface area contributed by atoms with Crippen LogP contribution in [0, 0.1) is 6.92 Å². The van der Waals surface area contributed by atoms with E-state index >= 15 is 0 Å². The van der Waals surface area contributed by atoms with Crippen LogP contribution in [0.1, 0.15) is 35.8 Å². The first-order valence-corrected chi connectivity index (χ1v) is 12.6. The zero-order chi connectivity index (χ0) is 24.4. The molecule has 9 nitrogen and oxygen atoms in total. The molecule has 1 unspecified atom stereocenters. The number of piperidine rings is 1. The quantitative estimate of drug-likeness (QED) is 0.386. The molecule has 3 heterocycles. The lowest BCUT2D eigenvalue weighted by Crippen LogP contribution is -2.38. The summed E-state index contributed by atoms with van der Waals surface area (Å²) in [7, 11) is 1.83. The minimum atomic E-state index is -0.514. The van der Waals surface area contributed by atoms with Crippen LogP contribution in [0.3, 0.4) is 0 Å². The Morgan fingerprint density at radius 1 is 0.971 bits per heavy atom. The van der Waals surface area contributed by atoms with Crippen molar-refractivity contribution in [1.82, 2.24) is 34.5 Å². The normalized spacial score (nSPS) is 14.7. The SMILES string of the molecule is Cc1c(-n2nnnc2SC(C(=O)N2CCCCC2)c2ccccc2)c(=O)n(-c2ccccc2)n1C. The number of rotatable bonds is 6. The maximum atomic E-state index is 13.6. The first-order valence-electron chi connectivity index (χ1n) is 11.7. The van der Waals surface area contributed by atoms with Gasteiger partial charge in [0.05, 0.1) is 11.4 Å². The van der Waals surface area contributed by atoms with Gasteiger partial charge in [0.1, 0.15) is 5.25 Å². The van der Waals surface area contributed by atoms with Gasteiger partial charge in [-0.3, -0.25) is 14.3 Å². The van der Waals surface area contributed by atoms with Crippen LogP contribution in [0.5, 0.6) is 0 Å². The fourth-order valence-corrected chi connectivity index (χ4v) is 5.53. The van der Waals surface area contributed by atoms with E-state index in [0.29, 0.717) is 16.5 Å². The summed E-state index contributed by atoms with van der Waals surface area (Å²) in [6.07, 6.45) is 3.17. The van der Waals surface area contributed by atoms with Crippen molar-refractivity contribution >= 4 is 17.7 Å². The highest BCUT2D eigenvalue weighted by molar-refractivity contribution is 8.00. The molecule has 1 aliphatic rings. The minimum Gasteiger partial charge on any atom is -0.341 e. The van der Waals surface area contributed by atoms with Gasteiger partial charge in [0.15, 0.2) is 5.69 Å². The highest BCUT2D eigenvalue weighted by atomic mass is 32.2. The molecule has 0 N–H and O–H groups in total. The van der Waals surface area contributed by atoms with Crippen LogP contribution in [0.25, 0.3) is 11.4 Å². The summed E-state index contributed by atoms with van der Waals surface area (Å²) in [6.45, 7) is 3.38. The molecule has 5 rings (SSSR count). The van der Waals surface area contributed by atoms with E-state index in [2.05, 4.69) is 15.5 Å². The van der Waals surface area contributed by atoms with Gasteiger partial charge < -0.3 is 4.90 Å². The number of thioether (sulfide) groups is 1. The largest absolute Gasteiger partial charge is 0.341 e. The Balaban J connectivity index is 1.54. The Morgan fingerprint density at radius 2 is 1.63 bits per heavy atom. The van der Waals surface area contributed by atoms with E-state index in [4.69, 9.17) is 0 Å². The van der Waals surface area contributed by atoms with Crippen LogP contribution < -0.4 is 5.56 Å². The van der Waals surface area contributed by atoms with Crippen molar-refractivity contribution in [3.8, 4) is 11.4 Å². The maximum Gasteiger partial charge on any atom is 0.297 e. The molecule has 35 heavy (non-hydrogen) atoms. The van der Waals surface area contributed by atoms with E-state index in [-0.39, 0.29) is 11.5 Å². The van der Waals surface area contributed by atoms with Gasteiger partial charge in [-0.15, -0.1) is 5.10 Å². The number of para-hydroxylation sites is 1. The molecule has 2 aromatic carbocycles. The molecule has 0 aliphatic carbocycles. The van der Waals surface area contributed by atoms with E-state index in [1.54, 1.807) is 9.36 Å². The number of likely N-dealkylation sites (tertiary alicyclic amines) is 1. The van der Waals surface area contributed by atoms with Crippen LogP contribution in [0.4, 0.5) is 0 Å². The monoisotopic (exact) mass is 489 g/mol. The predicted octanol–water partition coefficient (Wildman–Crippen LogP) is 3.31. The minimum absolute atomic E-state index is 0.0435. The van der Waals surface area contributed by atoms with Crippen molar-refractivity contribution in [3.63, 3.8) is 0 Å². The number of carbonyl (C=O) groups is 1. The van der Waals surface area contributed by atoms with Gasteiger partial charge in [-0.1, -0.05) is 60.3 Å². The summed E-state index contributed by atoms with van der Waals surface area (Å²) in [5.41, 5.74) is 2.48. The molecular formula is C25H27N7O2S. The van der Waals surface area contributed by atoms with Crippen molar-refractivity contribution in [2.45, 2.75) is 36.6 Å². The van der Waals surface area contributed by atoms with Gasteiger partial charge in [0, 0.05) is 20.1 Å². The second-order valence-corrected chi connectivity index (χ2v) is 9.65. The molecular weight excluding hydrogens is 462 g/mol. The maximum absolute atomic E-state index is 13.6. The number of amides is 1. The average molecular weight is 490 g/mol. The first-order chi connectivity index (χ1) is 17.1. The van der Waals surface area contributed by atoms with Crippen molar-refractivity contribution in [2.75, 3.05) is 13.1 Å². The third-order valence-electron chi connectivity index (χ3n) is 6.39. The topological polar surface area (TPSA) is 90.8 Å². The van der Waals surface area contributed by atoms with Crippen molar-refractivity contribution in [2.24, 2.45) is 7.05 Å². The molecule has 180 valence electrons. The molecule has 1 fully saturated rings.